The Morgan fingerprint density at radius 2 is 2.00 bits per heavy atom. The zero-order valence-electron chi connectivity index (χ0n) is 10.9. The lowest BCUT2D eigenvalue weighted by molar-refractivity contribution is 0.628. The number of nitrogens with zero attached hydrogens (tertiary/aromatic N) is 2. The van der Waals surface area contributed by atoms with E-state index in [0.717, 1.165) is 29.9 Å². The van der Waals surface area contributed by atoms with E-state index in [2.05, 4.69) is 15.3 Å². The van der Waals surface area contributed by atoms with Gasteiger partial charge in [-0.3, -0.25) is 0 Å². The van der Waals surface area contributed by atoms with Crippen molar-refractivity contribution in [1.82, 2.24) is 9.97 Å². The van der Waals surface area contributed by atoms with E-state index < -0.39 is 0 Å². The molecule has 1 aromatic heterocycles. The van der Waals surface area contributed by atoms with Crippen molar-refractivity contribution < 1.29 is 4.39 Å². The van der Waals surface area contributed by atoms with Gasteiger partial charge in [0.05, 0.1) is 17.6 Å². The average molecular weight is 260 g/mol. The van der Waals surface area contributed by atoms with Crippen molar-refractivity contribution in [3.8, 4) is 11.3 Å². The Balaban J connectivity index is 2.31. The Hall–Kier alpha value is -2.01. The number of aryl methyl sites for hydroxylation is 1. The quantitative estimate of drug-likeness (QED) is 0.810. The summed E-state index contributed by atoms with van der Waals surface area (Å²) in [5.41, 5.74) is 7.95. The van der Waals surface area contributed by atoms with E-state index >= 15 is 0 Å². The predicted octanol–water partition coefficient (Wildman–Crippen LogP) is 2.35. The van der Waals surface area contributed by atoms with E-state index in [4.69, 9.17) is 5.73 Å². The second-order valence-corrected chi connectivity index (χ2v) is 4.26. The highest BCUT2D eigenvalue weighted by Crippen LogP contribution is 2.25. The number of benzene rings is 1. The van der Waals surface area contributed by atoms with Gasteiger partial charge in [0.25, 0.3) is 0 Å². The van der Waals surface area contributed by atoms with Gasteiger partial charge < -0.3 is 11.1 Å². The first-order chi connectivity index (χ1) is 9.20. The molecule has 0 fully saturated rings. The van der Waals surface area contributed by atoms with Gasteiger partial charge in [0.15, 0.2) is 0 Å². The van der Waals surface area contributed by atoms with Gasteiger partial charge in [-0.15, -0.1) is 0 Å². The molecule has 5 heteroatoms. The average Bonchev–Trinajstić information content (AvgIpc) is 2.41. The Labute approximate surface area is 111 Å². The number of nitrogens with one attached hydrogen (secondary N) is 1. The summed E-state index contributed by atoms with van der Waals surface area (Å²) < 4.78 is 13.0. The monoisotopic (exact) mass is 260 g/mol. The number of anilines is 1. The highest BCUT2D eigenvalue weighted by Gasteiger charge is 2.08. The van der Waals surface area contributed by atoms with Crippen molar-refractivity contribution in [2.75, 3.05) is 18.4 Å². The number of nitrogens with two attached hydrogens (primary N) is 1. The Bertz CT molecular complexity index is 540. The molecule has 2 aromatic rings. The predicted molar refractivity (Wildman–Crippen MR) is 74.3 cm³/mol. The Kier molecular flexibility index (Phi) is 4.41. The fourth-order valence-corrected chi connectivity index (χ4v) is 1.75. The molecule has 0 bridgehead atoms. The smallest absolute Gasteiger partial charge is 0.126 e. The molecule has 0 radical (unpaired) electrons. The van der Waals surface area contributed by atoms with Gasteiger partial charge in [-0.2, -0.15) is 0 Å². The molecule has 3 N–H and O–H groups in total. The summed E-state index contributed by atoms with van der Waals surface area (Å²) in [6.45, 7) is 3.22. The van der Waals surface area contributed by atoms with E-state index in [1.807, 2.05) is 6.92 Å². The van der Waals surface area contributed by atoms with Crippen LogP contribution < -0.4 is 11.1 Å². The summed E-state index contributed by atoms with van der Waals surface area (Å²) in [4.78, 5) is 8.61. The first-order valence-corrected chi connectivity index (χ1v) is 6.24. The van der Waals surface area contributed by atoms with E-state index in [9.17, 15) is 4.39 Å². The molecule has 0 aliphatic heterocycles. The zero-order valence-corrected chi connectivity index (χ0v) is 10.9. The van der Waals surface area contributed by atoms with Crippen LogP contribution in [0.2, 0.25) is 0 Å². The van der Waals surface area contributed by atoms with Gasteiger partial charge >= 0.3 is 0 Å². The van der Waals surface area contributed by atoms with E-state index in [0.29, 0.717) is 12.4 Å². The van der Waals surface area contributed by atoms with Gasteiger partial charge in [-0.1, -0.05) is 0 Å². The molecule has 0 spiro atoms. The molecule has 1 aromatic carbocycles. The summed E-state index contributed by atoms with van der Waals surface area (Å²) in [7, 11) is 0. The van der Waals surface area contributed by atoms with Crippen LogP contribution in [-0.2, 0) is 0 Å². The van der Waals surface area contributed by atoms with Crippen LogP contribution in [0.1, 0.15) is 12.2 Å². The third kappa shape index (κ3) is 3.48. The van der Waals surface area contributed by atoms with Crippen molar-refractivity contribution in [2.45, 2.75) is 13.3 Å². The third-order valence-electron chi connectivity index (χ3n) is 2.72. The SMILES string of the molecule is Cc1ncc(NCCCN)c(-c2ccc(F)cc2)n1. The van der Waals surface area contributed by atoms with Gasteiger partial charge in [-0.25, -0.2) is 14.4 Å². The third-order valence-corrected chi connectivity index (χ3v) is 2.72. The van der Waals surface area contributed by atoms with Crippen molar-refractivity contribution in [1.29, 1.82) is 0 Å². The van der Waals surface area contributed by atoms with Crippen LogP contribution in [0.15, 0.2) is 30.5 Å². The Morgan fingerprint density at radius 3 is 2.68 bits per heavy atom. The van der Waals surface area contributed by atoms with Crippen LogP contribution in [0.3, 0.4) is 0 Å². The van der Waals surface area contributed by atoms with Crippen molar-refractivity contribution in [2.24, 2.45) is 5.73 Å². The minimum Gasteiger partial charge on any atom is -0.382 e. The second kappa shape index (κ2) is 6.24. The maximum atomic E-state index is 13.0. The van der Waals surface area contributed by atoms with Crippen molar-refractivity contribution in [3.05, 3.63) is 42.1 Å². The van der Waals surface area contributed by atoms with Gasteiger partial charge in [0, 0.05) is 12.1 Å². The fraction of sp³-hybridized carbons (Fsp3) is 0.286. The number of halogens is 1. The number of hydrogen-bond acceptors (Lipinski definition) is 4. The normalized spacial score (nSPS) is 10.5. The molecular formula is C14H17FN4. The molecular weight excluding hydrogens is 243 g/mol. The highest BCUT2D eigenvalue weighted by atomic mass is 19.1. The van der Waals surface area contributed by atoms with Crippen LogP contribution in [0.25, 0.3) is 11.3 Å². The number of rotatable bonds is 5. The molecule has 4 nitrogen and oxygen atoms in total. The van der Waals surface area contributed by atoms with Crippen molar-refractivity contribution >= 4 is 5.69 Å². The summed E-state index contributed by atoms with van der Waals surface area (Å²) in [6.07, 6.45) is 2.62. The molecule has 0 aliphatic rings. The summed E-state index contributed by atoms with van der Waals surface area (Å²) in [5, 5.41) is 3.26. The molecule has 0 unspecified atom stereocenters. The summed E-state index contributed by atoms with van der Waals surface area (Å²) >= 11 is 0. The van der Waals surface area contributed by atoms with Crippen LogP contribution in [0.5, 0.6) is 0 Å². The second-order valence-electron chi connectivity index (χ2n) is 4.26. The molecule has 1 heterocycles. The molecule has 0 amide bonds. The van der Waals surface area contributed by atoms with Gasteiger partial charge in [0.2, 0.25) is 0 Å². The number of aromatic nitrogens is 2. The fourth-order valence-electron chi connectivity index (χ4n) is 1.75. The maximum Gasteiger partial charge on any atom is 0.126 e. The molecule has 19 heavy (non-hydrogen) atoms. The van der Waals surface area contributed by atoms with Crippen molar-refractivity contribution in [3.63, 3.8) is 0 Å². The molecule has 0 aliphatic carbocycles. The minimum atomic E-state index is -0.257. The lowest BCUT2D eigenvalue weighted by atomic mass is 10.1. The van der Waals surface area contributed by atoms with Gasteiger partial charge in [0.1, 0.15) is 11.6 Å². The standard InChI is InChI=1S/C14H17FN4/c1-10-18-9-13(17-8-2-7-16)14(19-10)11-3-5-12(15)6-4-11/h3-6,9,17H,2,7-8,16H2,1H3. The highest BCUT2D eigenvalue weighted by molar-refractivity contribution is 5.73. The first-order valence-electron chi connectivity index (χ1n) is 6.24. The van der Waals surface area contributed by atoms with Crippen LogP contribution in [0.4, 0.5) is 10.1 Å². The van der Waals surface area contributed by atoms with Crippen LogP contribution in [0, 0.1) is 12.7 Å². The zero-order chi connectivity index (χ0) is 13.7. The van der Waals surface area contributed by atoms with E-state index in [1.54, 1.807) is 18.3 Å². The molecule has 0 atom stereocenters. The topological polar surface area (TPSA) is 63.8 Å². The van der Waals surface area contributed by atoms with E-state index in [-0.39, 0.29) is 5.82 Å². The molecule has 100 valence electrons. The summed E-state index contributed by atoms with van der Waals surface area (Å²) in [5.74, 6) is 0.427. The first kappa shape index (κ1) is 13.4. The minimum absolute atomic E-state index is 0.257. The maximum absolute atomic E-state index is 13.0. The number of hydrogen-bond donors (Lipinski definition) is 2. The molecule has 0 saturated heterocycles. The van der Waals surface area contributed by atoms with Crippen LogP contribution >= 0.6 is 0 Å². The van der Waals surface area contributed by atoms with Crippen LogP contribution in [-0.4, -0.2) is 23.1 Å². The Morgan fingerprint density at radius 1 is 1.26 bits per heavy atom. The van der Waals surface area contributed by atoms with Gasteiger partial charge in [-0.05, 0) is 44.2 Å². The summed E-state index contributed by atoms with van der Waals surface area (Å²) in [6, 6.07) is 6.28. The molecule has 2 rings (SSSR count). The molecule has 0 saturated carbocycles. The lowest BCUT2D eigenvalue weighted by Crippen LogP contribution is -2.10. The largest absolute Gasteiger partial charge is 0.382 e. The van der Waals surface area contributed by atoms with E-state index in [1.165, 1.54) is 12.1 Å². The lowest BCUT2D eigenvalue weighted by Gasteiger charge is -2.11.